The summed E-state index contributed by atoms with van der Waals surface area (Å²) in [5, 5.41) is 0.528. The SMILES string of the molecule is Cc1nc2sc(-c3ccccc3)cc2c(=O)n1CC(=O)N(C)CC1COc2ccccc2O1. The van der Waals surface area contributed by atoms with E-state index in [1.54, 1.807) is 18.9 Å². The van der Waals surface area contributed by atoms with Crippen molar-refractivity contribution < 1.29 is 14.3 Å². The molecule has 0 saturated carbocycles. The van der Waals surface area contributed by atoms with Gasteiger partial charge in [-0.3, -0.25) is 14.2 Å². The van der Waals surface area contributed by atoms with Gasteiger partial charge in [0.1, 0.15) is 23.8 Å². The summed E-state index contributed by atoms with van der Waals surface area (Å²) in [5.74, 6) is 1.70. The molecule has 5 rings (SSSR count). The maximum absolute atomic E-state index is 13.2. The molecule has 3 heterocycles. The van der Waals surface area contributed by atoms with E-state index in [1.165, 1.54) is 15.9 Å². The Morgan fingerprint density at radius 3 is 2.67 bits per heavy atom. The van der Waals surface area contributed by atoms with Crippen LogP contribution >= 0.6 is 11.3 Å². The van der Waals surface area contributed by atoms with Crippen LogP contribution in [0.1, 0.15) is 5.82 Å². The molecular formula is C25H23N3O4S. The van der Waals surface area contributed by atoms with Crippen LogP contribution in [0.2, 0.25) is 0 Å². The van der Waals surface area contributed by atoms with E-state index in [0.717, 1.165) is 10.4 Å². The Balaban J connectivity index is 1.33. The minimum atomic E-state index is -0.280. The highest BCUT2D eigenvalue weighted by molar-refractivity contribution is 7.21. The lowest BCUT2D eigenvalue weighted by Gasteiger charge is -2.29. The lowest BCUT2D eigenvalue weighted by molar-refractivity contribution is -0.132. The molecule has 1 amide bonds. The van der Waals surface area contributed by atoms with Crippen LogP contribution in [0, 0.1) is 6.92 Å². The van der Waals surface area contributed by atoms with Crippen molar-refractivity contribution in [2.24, 2.45) is 0 Å². The summed E-state index contributed by atoms with van der Waals surface area (Å²) in [4.78, 5) is 34.0. The number of para-hydroxylation sites is 2. The molecule has 1 aliphatic heterocycles. The van der Waals surface area contributed by atoms with Gasteiger partial charge in [0.25, 0.3) is 5.56 Å². The fraction of sp³-hybridized carbons (Fsp3) is 0.240. The van der Waals surface area contributed by atoms with Gasteiger partial charge in [0, 0.05) is 11.9 Å². The first-order valence-corrected chi connectivity index (χ1v) is 11.5. The van der Waals surface area contributed by atoms with E-state index in [0.29, 0.717) is 40.7 Å². The molecule has 8 heteroatoms. The predicted molar refractivity (Wildman–Crippen MR) is 128 cm³/mol. The number of nitrogens with zero attached hydrogens (tertiary/aromatic N) is 3. The third-order valence-electron chi connectivity index (χ3n) is 5.66. The summed E-state index contributed by atoms with van der Waals surface area (Å²) in [5.41, 5.74) is 0.833. The smallest absolute Gasteiger partial charge is 0.262 e. The first kappa shape index (κ1) is 21.2. The Kier molecular flexibility index (Phi) is 5.60. The van der Waals surface area contributed by atoms with Crippen LogP contribution in [0.4, 0.5) is 0 Å². The Labute approximate surface area is 194 Å². The molecule has 0 spiro atoms. The van der Waals surface area contributed by atoms with Crippen molar-refractivity contribution >= 4 is 27.5 Å². The average molecular weight is 462 g/mol. The Hall–Kier alpha value is -3.65. The van der Waals surface area contributed by atoms with E-state index in [9.17, 15) is 9.59 Å². The molecule has 33 heavy (non-hydrogen) atoms. The van der Waals surface area contributed by atoms with Crippen molar-refractivity contribution in [2.45, 2.75) is 19.6 Å². The maximum Gasteiger partial charge on any atom is 0.262 e. The summed E-state index contributed by atoms with van der Waals surface area (Å²) in [6, 6.07) is 19.2. The van der Waals surface area contributed by atoms with Crippen LogP contribution in [0.5, 0.6) is 11.5 Å². The fourth-order valence-corrected chi connectivity index (χ4v) is 4.94. The van der Waals surface area contributed by atoms with Crippen molar-refractivity contribution in [3.63, 3.8) is 0 Å². The molecule has 2 aromatic heterocycles. The van der Waals surface area contributed by atoms with Gasteiger partial charge in [0.2, 0.25) is 5.91 Å². The van der Waals surface area contributed by atoms with E-state index >= 15 is 0 Å². The highest BCUT2D eigenvalue weighted by Gasteiger charge is 2.24. The average Bonchev–Trinajstić information content (AvgIpc) is 3.26. The van der Waals surface area contributed by atoms with Gasteiger partial charge in [0.15, 0.2) is 17.6 Å². The Bertz CT molecular complexity index is 1380. The molecule has 1 unspecified atom stereocenters. The van der Waals surface area contributed by atoms with Gasteiger partial charge in [-0.1, -0.05) is 42.5 Å². The van der Waals surface area contributed by atoms with Gasteiger partial charge in [0.05, 0.1) is 11.9 Å². The van der Waals surface area contributed by atoms with Crippen molar-refractivity contribution in [3.8, 4) is 21.9 Å². The molecule has 4 aromatic rings. The van der Waals surface area contributed by atoms with Crippen molar-refractivity contribution in [1.82, 2.24) is 14.5 Å². The number of likely N-dealkylation sites (N-methyl/N-ethyl adjacent to an activating group) is 1. The number of hydrogen-bond acceptors (Lipinski definition) is 6. The lowest BCUT2D eigenvalue weighted by atomic mass is 10.2. The van der Waals surface area contributed by atoms with Crippen molar-refractivity contribution in [1.29, 1.82) is 0 Å². The summed E-state index contributed by atoms with van der Waals surface area (Å²) in [6.07, 6.45) is -0.280. The zero-order valence-corrected chi connectivity index (χ0v) is 19.2. The van der Waals surface area contributed by atoms with Gasteiger partial charge < -0.3 is 14.4 Å². The summed E-state index contributed by atoms with van der Waals surface area (Å²) in [7, 11) is 1.70. The van der Waals surface area contributed by atoms with Crippen LogP contribution < -0.4 is 15.0 Å². The van der Waals surface area contributed by atoms with Crippen LogP contribution in [-0.4, -0.2) is 46.7 Å². The summed E-state index contributed by atoms with van der Waals surface area (Å²) < 4.78 is 13.1. The second-order valence-electron chi connectivity index (χ2n) is 8.02. The number of thiophene rings is 1. The third-order valence-corrected chi connectivity index (χ3v) is 6.74. The molecule has 168 valence electrons. The lowest BCUT2D eigenvalue weighted by Crippen LogP contribution is -2.43. The fourth-order valence-electron chi connectivity index (χ4n) is 3.86. The molecule has 0 aliphatic carbocycles. The van der Waals surface area contributed by atoms with Crippen molar-refractivity contribution in [2.75, 3.05) is 20.2 Å². The van der Waals surface area contributed by atoms with Gasteiger partial charge in [-0.15, -0.1) is 11.3 Å². The number of carbonyl (C=O) groups is 1. The molecule has 1 aliphatic rings. The van der Waals surface area contributed by atoms with Crippen LogP contribution in [0.15, 0.2) is 65.5 Å². The van der Waals surface area contributed by atoms with Gasteiger partial charge in [-0.2, -0.15) is 0 Å². The zero-order valence-electron chi connectivity index (χ0n) is 18.4. The number of benzene rings is 2. The third kappa shape index (κ3) is 4.21. The van der Waals surface area contributed by atoms with E-state index in [2.05, 4.69) is 4.98 Å². The number of carbonyl (C=O) groups excluding carboxylic acids is 1. The van der Waals surface area contributed by atoms with Gasteiger partial charge >= 0.3 is 0 Å². The van der Waals surface area contributed by atoms with E-state index in [4.69, 9.17) is 9.47 Å². The number of fused-ring (bicyclic) bond motifs is 2. The number of aryl methyl sites for hydroxylation is 1. The zero-order chi connectivity index (χ0) is 22.9. The molecule has 0 bridgehead atoms. The highest BCUT2D eigenvalue weighted by Crippen LogP contribution is 2.32. The van der Waals surface area contributed by atoms with Crippen LogP contribution in [-0.2, 0) is 11.3 Å². The number of hydrogen-bond donors (Lipinski definition) is 0. The highest BCUT2D eigenvalue weighted by atomic mass is 32.1. The molecule has 0 radical (unpaired) electrons. The number of rotatable bonds is 5. The first-order valence-electron chi connectivity index (χ1n) is 10.7. The molecule has 2 aromatic carbocycles. The number of ether oxygens (including phenoxy) is 2. The molecule has 1 atom stereocenters. The largest absolute Gasteiger partial charge is 0.486 e. The van der Waals surface area contributed by atoms with Crippen LogP contribution in [0.3, 0.4) is 0 Å². The molecule has 0 fully saturated rings. The van der Waals surface area contributed by atoms with E-state index in [1.807, 2.05) is 60.7 Å². The Morgan fingerprint density at radius 2 is 1.88 bits per heavy atom. The van der Waals surface area contributed by atoms with Gasteiger partial charge in [-0.05, 0) is 30.7 Å². The second kappa shape index (κ2) is 8.71. The summed E-state index contributed by atoms with van der Waals surface area (Å²) in [6.45, 7) is 2.39. The van der Waals surface area contributed by atoms with Crippen LogP contribution in [0.25, 0.3) is 20.7 Å². The standard InChI is InChI=1S/C25H23N3O4S/c1-16-26-24-19(12-22(33-24)17-8-4-3-5-9-17)25(30)28(16)14-23(29)27(2)13-18-15-31-20-10-6-7-11-21(20)32-18/h3-12,18H,13-15H2,1-2H3. The van der Waals surface area contributed by atoms with Crippen molar-refractivity contribution in [3.05, 3.63) is 76.8 Å². The number of amides is 1. The predicted octanol–water partition coefficient (Wildman–Crippen LogP) is 3.73. The molecule has 7 nitrogen and oxygen atoms in total. The monoisotopic (exact) mass is 461 g/mol. The quantitative estimate of drug-likeness (QED) is 0.453. The second-order valence-corrected chi connectivity index (χ2v) is 9.05. The number of aromatic nitrogens is 2. The first-order chi connectivity index (χ1) is 16.0. The molecular weight excluding hydrogens is 438 g/mol. The topological polar surface area (TPSA) is 73.7 Å². The normalized spacial score (nSPS) is 14.9. The minimum Gasteiger partial charge on any atom is -0.486 e. The molecule has 0 saturated heterocycles. The van der Waals surface area contributed by atoms with Gasteiger partial charge in [-0.25, -0.2) is 4.98 Å². The summed E-state index contributed by atoms with van der Waals surface area (Å²) >= 11 is 1.48. The molecule has 0 N–H and O–H groups in total. The van der Waals surface area contributed by atoms with E-state index in [-0.39, 0.29) is 24.1 Å². The van der Waals surface area contributed by atoms with E-state index < -0.39 is 0 Å². The maximum atomic E-state index is 13.2. The minimum absolute atomic E-state index is 0.0786. The Morgan fingerprint density at radius 1 is 1.15 bits per heavy atom.